The summed E-state index contributed by atoms with van der Waals surface area (Å²) in [5.41, 5.74) is 1.96. The molecule has 12 heteroatoms. The van der Waals surface area contributed by atoms with Crippen LogP contribution in [0.15, 0.2) is 119 Å². The van der Waals surface area contributed by atoms with E-state index in [1.807, 2.05) is 19.1 Å². The Hall–Kier alpha value is -4.91. The predicted molar refractivity (Wildman–Crippen MR) is 176 cm³/mol. The highest BCUT2D eigenvalue weighted by molar-refractivity contribution is 8.00. The number of hydrogen-bond donors (Lipinski definition) is 4. The Bertz CT molecular complexity index is 1790. The van der Waals surface area contributed by atoms with E-state index >= 15 is 0 Å². The number of carbonyl (C=O) groups excluding carboxylic acids is 3. The number of rotatable bonds is 12. The molecular weight excluding hydrogens is 613 g/mol. The molecule has 4 rings (SSSR count). The molecule has 0 heterocycles. The summed E-state index contributed by atoms with van der Waals surface area (Å²) in [5.74, 6) is -0.686. The number of primary sulfonamides is 1. The molecule has 4 aromatic rings. The van der Waals surface area contributed by atoms with Crippen LogP contribution in [0.4, 0.5) is 11.4 Å². The zero-order valence-electron chi connectivity index (χ0n) is 24.5. The van der Waals surface area contributed by atoms with Gasteiger partial charge < -0.3 is 20.7 Å². The average Bonchev–Trinajstić information content (AvgIpc) is 3.02. The molecule has 0 spiro atoms. The van der Waals surface area contributed by atoms with Crippen molar-refractivity contribution in [2.24, 2.45) is 5.14 Å². The Morgan fingerprint density at radius 1 is 0.844 bits per heavy atom. The molecule has 0 saturated carbocycles. The third-order valence-electron chi connectivity index (χ3n) is 6.29. The summed E-state index contributed by atoms with van der Waals surface area (Å²) < 4.78 is 28.6. The van der Waals surface area contributed by atoms with Gasteiger partial charge in [0.05, 0.1) is 16.8 Å². The van der Waals surface area contributed by atoms with E-state index in [9.17, 15) is 22.8 Å². The minimum absolute atomic E-state index is 0.0249. The molecule has 10 nitrogen and oxygen atoms in total. The first-order valence-corrected chi connectivity index (χ1v) is 16.3. The zero-order valence-corrected chi connectivity index (χ0v) is 26.2. The number of hydrogen-bond acceptors (Lipinski definition) is 7. The van der Waals surface area contributed by atoms with E-state index in [1.54, 1.807) is 79.7 Å². The molecule has 0 aliphatic heterocycles. The molecule has 0 radical (unpaired) electrons. The minimum atomic E-state index is -3.83. The molecule has 1 atom stereocenters. The summed E-state index contributed by atoms with van der Waals surface area (Å²) in [6, 6.07) is 28.3. The molecule has 0 aliphatic carbocycles. The fourth-order valence-electron chi connectivity index (χ4n) is 4.03. The van der Waals surface area contributed by atoms with Gasteiger partial charge in [0.2, 0.25) is 15.9 Å². The fraction of sp³-hybridized carbons (Fsp3) is 0.121. The SMILES string of the molecule is CCOc1ccccc1/C=C(\NC(=O)c1ccccc1)C(=O)Nc1ccc(SC(C)C(=O)Nc2ccc(S(N)(=O)=O)cc2)cc1. The van der Waals surface area contributed by atoms with Gasteiger partial charge >= 0.3 is 0 Å². The fourth-order valence-corrected chi connectivity index (χ4v) is 5.41. The van der Waals surface area contributed by atoms with Crippen molar-refractivity contribution in [3.05, 3.63) is 120 Å². The second-order valence-corrected chi connectivity index (χ2v) is 12.6. The van der Waals surface area contributed by atoms with Crippen molar-refractivity contribution in [2.75, 3.05) is 17.2 Å². The molecule has 3 amide bonds. The van der Waals surface area contributed by atoms with Gasteiger partial charge in [0.1, 0.15) is 11.4 Å². The van der Waals surface area contributed by atoms with Gasteiger partial charge in [-0.2, -0.15) is 0 Å². The van der Waals surface area contributed by atoms with Crippen molar-refractivity contribution in [3.8, 4) is 5.75 Å². The van der Waals surface area contributed by atoms with Crippen LogP contribution >= 0.6 is 11.8 Å². The average molecular weight is 645 g/mol. The van der Waals surface area contributed by atoms with Gasteiger partial charge in [-0.3, -0.25) is 14.4 Å². The number of nitrogens with one attached hydrogen (secondary N) is 3. The van der Waals surface area contributed by atoms with E-state index in [0.29, 0.717) is 34.9 Å². The highest BCUT2D eigenvalue weighted by atomic mass is 32.2. The lowest BCUT2D eigenvalue weighted by Gasteiger charge is -2.14. The number of sulfonamides is 1. The number of nitrogens with two attached hydrogens (primary N) is 1. The number of para-hydroxylation sites is 1. The number of amides is 3. The maximum absolute atomic E-state index is 13.4. The van der Waals surface area contributed by atoms with Gasteiger partial charge in [0.25, 0.3) is 11.8 Å². The third kappa shape index (κ3) is 9.54. The third-order valence-corrected chi connectivity index (χ3v) is 8.33. The number of thioether (sulfide) groups is 1. The van der Waals surface area contributed by atoms with Gasteiger partial charge in [0, 0.05) is 27.4 Å². The molecule has 0 fully saturated rings. The van der Waals surface area contributed by atoms with Crippen LogP contribution in [-0.4, -0.2) is 38.0 Å². The van der Waals surface area contributed by atoms with E-state index in [-0.39, 0.29) is 16.5 Å². The molecule has 5 N–H and O–H groups in total. The number of anilines is 2. The lowest BCUT2D eigenvalue weighted by Crippen LogP contribution is -2.30. The van der Waals surface area contributed by atoms with Crippen LogP contribution in [0.5, 0.6) is 5.75 Å². The predicted octanol–water partition coefficient (Wildman–Crippen LogP) is 5.26. The smallest absolute Gasteiger partial charge is 0.272 e. The van der Waals surface area contributed by atoms with E-state index in [1.165, 1.54) is 36.0 Å². The maximum Gasteiger partial charge on any atom is 0.272 e. The molecule has 4 aromatic carbocycles. The first kappa shape index (κ1) is 33.0. The molecule has 45 heavy (non-hydrogen) atoms. The molecule has 0 bridgehead atoms. The van der Waals surface area contributed by atoms with Crippen LogP contribution in [0.3, 0.4) is 0 Å². The Kier molecular flexibility index (Phi) is 11.1. The lowest BCUT2D eigenvalue weighted by molar-refractivity contribution is -0.115. The first-order chi connectivity index (χ1) is 21.5. The standard InChI is InChI=1S/C33H32N4O6S2/c1-3-43-30-12-8-7-11-24(30)21-29(37-32(39)23-9-5-4-6-10-23)33(40)36-25-13-17-27(18-14-25)44-22(2)31(38)35-26-15-19-28(20-16-26)45(34,41)42/h4-22H,3H2,1-2H3,(H,35,38)(H,36,40)(H,37,39)(H2,34,41,42)/b29-21-. The number of benzene rings is 4. The molecular formula is C33H32N4O6S2. The molecule has 232 valence electrons. The van der Waals surface area contributed by atoms with E-state index in [4.69, 9.17) is 9.88 Å². The van der Waals surface area contributed by atoms with Crippen molar-refractivity contribution in [1.29, 1.82) is 0 Å². The van der Waals surface area contributed by atoms with Crippen molar-refractivity contribution in [2.45, 2.75) is 28.9 Å². The van der Waals surface area contributed by atoms with Crippen molar-refractivity contribution in [3.63, 3.8) is 0 Å². The number of carbonyl (C=O) groups is 3. The summed E-state index contributed by atoms with van der Waals surface area (Å²) >= 11 is 1.30. The van der Waals surface area contributed by atoms with Gasteiger partial charge in [-0.05, 0) is 86.7 Å². The largest absolute Gasteiger partial charge is 0.493 e. The van der Waals surface area contributed by atoms with Crippen LogP contribution in [0.1, 0.15) is 29.8 Å². The Balaban J connectivity index is 1.44. The second kappa shape index (κ2) is 15.2. The molecule has 1 unspecified atom stereocenters. The van der Waals surface area contributed by atoms with E-state index in [2.05, 4.69) is 16.0 Å². The van der Waals surface area contributed by atoms with Crippen LogP contribution < -0.4 is 25.8 Å². The number of ether oxygens (including phenoxy) is 1. The normalized spacial score (nSPS) is 12.1. The van der Waals surface area contributed by atoms with Crippen LogP contribution in [0.2, 0.25) is 0 Å². The summed E-state index contributed by atoms with van der Waals surface area (Å²) in [7, 11) is -3.83. The minimum Gasteiger partial charge on any atom is -0.493 e. The Morgan fingerprint density at radius 3 is 2.09 bits per heavy atom. The molecule has 0 aromatic heterocycles. The van der Waals surface area contributed by atoms with E-state index < -0.39 is 27.1 Å². The van der Waals surface area contributed by atoms with Gasteiger partial charge in [-0.25, -0.2) is 13.6 Å². The van der Waals surface area contributed by atoms with Crippen LogP contribution in [0.25, 0.3) is 6.08 Å². The molecule has 0 aliphatic rings. The maximum atomic E-state index is 13.4. The van der Waals surface area contributed by atoms with Crippen LogP contribution in [0, 0.1) is 0 Å². The van der Waals surface area contributed by atoms with Crippen LogP contribution in [-0.2, 0) is 19.6 Å². The van der Waals surface area contributed by atoms with Gasteiger partial charge in [0.15, 0.2) is 0 Å². The highest BCUT2D eigenvalue weighted by Gasteiger charge is 2.18. The van der Waals surface area contributed by atoms with Crippen molar-refractivity contribution >= 4 is 57.0 Å². The summed E-state index contributed by atoms with van der Waals surface area (Å²) in [5, 5.41) is 12.9. The summed E-state index contributed by atoms with van der Waals surface area (Å²) in [6.07, 6.45) is 1.56. The zero-order chi connectivity index (χ0) is 32.4. The topological polar surface area (TPSA) is 157 Å². The quantitative estimate of drug-likeness (QED) is 0.121. The van der Waals surface area contributed by atoms with Crippen molar-refractivity contribution in [1.82, 2.24) is 5.32 Å². The summed E-state index contributed by atoms with van der Waals surface area (Å²) in [4.78, 5) is 39.8. The highest BCUT2D eigenvalue weighted by Crippen LogP contribution is 2.26. The Labute approximate surface area is 266 Å². The van der Waals surface area contributed by atoms with Crippen molar-refractivity contribution < 1.29 is 27.5 Å². The van der Waals surface area contributed by atoms with Gasteiger partial charge in [-0.1, -0.05) is 36.4 Å². The summed E-state index contributed by atoms with van der Waals surface area (Å²) in [6.45, 7) is 4.03. The first-order valence-electron chi connectivity index (χ1n) is 13.8. The van der Waals surface area contributed by atoms with E-state index in [0.717, 1.165) is 4.90 Å². The Morgan fingerprint density at radius 2 is 1.44 bits per heavy atom. The monoisotopic (exact) mass is 644 g/mol. The lowest BCUT2D eigenvalue weighted by atomic mass is 10.1. The van der Waals surface area contributed by atoms with Gasteiger partial charge in [-0.15, -0.1) is 11.8 Å². The molecule has 0 saturated heterocycles. The second-order valence-electron chi connectivity index (χ2n) is 9.65.